The Balaban J connectivity index is 1.35. The standard InChI is InChI=1S/C27H37N7O6S4/c1-3-4-5-6-7-8-9-10-11-39-16-40-26(37)22-17(13-41-19-12-29-33-44-19)14-42-25-21(24(36)34(22)25)31-23(35)20(32-38-2)18-15-43-27(28)30-18/h12,15,21,25H,3-11,13-14,16H2,1-2H3,(H2,28,30)(H,31,35)/b32-20-/t21-,25+/m1/s1. The van der Waals surface area contributed by atoms with E-state index in [0.717, 1.165) is 34.0 Å². The number of esters is 1. The Hall–Kier alpha value is -2.73. The van der Waals surface area contributed by atoms with Crippen molar-refractivity contribution in [1.82, 2.24) is 24.8 Å². The number of nitrogen functional groups attached to an aromatic ring is 1. The summed E-state index contributed by atoms with van der Waals surface area (Å²) in [5, 5.41) is 11.7. The number of nitrogens with two attached hydrogens (primary N) is 1. The summed E-state index contributed by atoms with van der Waals surface area (Å²) in [7, 11) is 1.31. The first kappa shape index (κ1) is 34.1. The molecule has 0 spiro atoms. The van der Waals surface area contributed by atoms with Gasteiger partial charge in [0.25, 0.3) is 11.8 Å². The number of nitrogens with one attached hydrogen (secondary N) is 1. The van der Waals surface area contributed by atoms with Gasteiger partial charge in [0.1, 0.15) is 34.1 Å². The molecule has 2 atom stereocenters. The third kappa shape index (κ3) is 9.15. The van der Waals surface area contributed by atoms with Crippen LogP contribution in [0.1, 0.15) is 64.0 Å². The zero-order valence-corrected chi connectivity index (χ0v) is 28.0. The van der Waals surface area contributed by atoms with Gasteiger partial charge >= 0.3 is 5.97 Å². The van der Waals surface area contributed by atoms with Crippen molar-refractivity contribution in [1.29, 1.82) is 0 Å². The van der Waals surface area contributed by atoms with Gasteiger partial charge in [0.15, 0.2) is 17.6 Å². The molecule has 44 heavy (non-hydrogen) atoms. The molecule has 2 amide bonds. The summed E-state index contributed by atoms with van der Waals surface area (Å²) < 4.78 is 15.8. The number of nitrogens with zero attached hydrogens (tertiary/aromatic N) is 5. The van der Waals surface area contributed by atoms with Gasteiger partial charge in [-0.3, -0.25) is 14.5 Å². The summed E-state index contributed by atoms with van der Waals surface area (Å²) in [6.45, 7) is 2.50. The van der Waals surface area contributed by atoms with Gasteiger partial charge in [-0.15, -0.1) is 40.0 Å². The molecular formula is C27H37N7O6S4. The molecule has 2 aliphatic heterocycles. The van der Waals surface area contributed by atoms with E-state index in [2.05, 4.69) is 32.0 Å². The highest BCUT2D eigenvalue weighted by molar-refractivity contribution is 8.01. The quantitative estimate of drug-likeness (QED) is 0.0415. The predicted octanol–water partition coefficient (Wildman–Crippen LogP) is 4.03. The van der Waals surface area contributed by atoms with E-state index in [-0.39, 0.29) is 29.0 Å². The minimum absolute atomic E-state index is 0.105. The predicted molar refractivity (Wildman–Crippen MR) is 172 cm³/mol. The van der Waals surface area contributed by atoms with E-state index < -0.39 is 29.2 Å². The van der Waals surface area contributed by atoms with Gasteiger partial charge in [-0.1, -0.05) is 61.5 Å². The van der Waals surface area contributed by atoms with Crippen LogP contribution in [0.25, 0.3) is 0 Å². The van der Waals surface area contributed by atoms with Crippen molar-refractivity contribution in [2.45, 2.75) is 73.9 Å². The summed E-state index contributed by atoms with van der Waals surface area (Å²) in [5.74, 6) is -0.798. The molecular weight excluding hydrogens is 647 g/mol. The Morgan fingerprint density at radius 2 is 1.98 bits per heavy atom. The van der Waals surface area contributed by atoms with Gasteiger partial charge in [0.2, 0.25) is 0 Å². The fraction of sp³-hybridized carbons (Fsp3) is 0.593. The van der Waals surface area contributed by atoms with Crippen LogP contribution in [0.3, 0.4) is 0 Å². The zero-order valence-electron chi connectivity index (χ0n) is 24.7. The number of ether oxygens (including phenoxy) is 2. The summed E-state index contributed by atoms with van der Waals surface area (Å²) in [5.41, 5.74) is 6.77. The van der Waals surface area contributed by atoms with Crippen molar-refractivity contribution < 1.29 is 28.7 Å². The Morgan fingerprint density at radius 1 is 1.20 bits per heavy atom. The number of unbranched alkanes of at least 4 members (excludes halogenated alkanes) is 7. The maximum Gasteiger partial charge on any atom is 0.357 e. The average molecular weight is 684 g/mol. The number of thioether (sulfide) groups is 2. The number of hydrogen-bond acceptors (Lipinski definition) is 15. The van der Waals surface area contributed by atoms with Gasteiger partial charge < -0.3 is 25.4 Å². The number of β-lactam (4-membered cyclic amide) rings is 1. The number of rotatable bonds is 19. The van der Waals surface area contributed by atoms with E-state index in [1.807, 2.05) is 0 Å². The number of oxime groups is 1. The summed E-state index contributed by atoms with van der Waals surface area (Å²) in [6.07, 6.45) is 11.1. The maximum atomic E-state index is 13.4. The summed E-state index contributed by atoms with van der Waals surface area (Å²) in [4.78, 5) is 50.2. The van der Waals surface area contributed by atoms with Gasteiger partial charge in [-0.05, 0) is 23.5 Å². The number of anilines is 1. The van der Waals surface area contributed by atoms with E-state index in [1.54, 1.807) is 11.6 Å². The highest BCUT2D eigenvalue weighted by Crippen LogP contribution is 2.42. The molecule has 0 aliphatic carbocycles. The van der Waals surface area contributed by atoms with Gasteiger partial charge in [0.05, 0.1) is 12.8 Å². The Morgan fingerprint density at radius 3 is 2.66 bits per heavy atom. The van der Waals surface area contributed by atoms with Crippen molar-refractivity contribution >= 4 is 75.0 Å². The number of fused-ring (bicyclic) bond motifs is 1. The van der Waals surface area contributed by atoms with Gasteiger partial charge in [-0.25, -0.2) is 9.78 Å². The third-order valence-corrected chi connectivity index (χ3v) is 10.8. The van der Waals surface area contributed by atoms with E-state index >= 15 is 0 Å². The SMILES string of the molecule is CCCCCCCCCCOCOC(=O)C1=C(CSc2cnns2)CS[C@H]2[C@H](NC(=O)/C(=N\OC)c3csc(N)n3)C(=O)N12. The number of carbonyl (C=O) groups excluding carboxylic acids is 3. The Kier molecular flexibility index (Phi) is 13.7. The normalized spacial score (nSPS) is 18.2. The molecule has 4 rings (SSSR count). The van der Waals surface area contributed by atoms with Crippen molar-refractivity contribution in [3.05, 3.63) is 28.5 Å². The van der Waals surface area contributed by atoms with Crippen molar-refractivity contribution in [2.75, 3.05) is 37.7 Å². The monoisotopic (exact) mass is 683 g/mol. The number of amides is 2. The molecule has 240 valence electrons. The Labute approximate surface area is 272 Å². The molecule has 2 aromatic rings. The minimum Gasteiger partial charge on any atom is -0.434 e. The van der Waals surface area contributed by atoms with Crippen molar-refractivity contribution in [3.63, 3.8) is 0 Å². The van der Waals surface area contributed by atoms with Crippen LogP contribution in [0.15, 0.2) is 32.2 Å². The van der Waals surface area contributed by atoms with Gasteiger partial charge in [-0.2, -0.15) is 0 Å². The van der Waals surface area contributed by atoms with Gasteiger partial charge in [0, 0.05) is 16.9 Å². The first-order valence-electron chi connectivity index (χ1n) is 14.4. The Bertz CT molecular complexity index is 1320. The maximum absolute atomic E-state index is 13.4. The topological polar surface area (TPSA) is 171 Å². The second kappa shape index (κ2) is 17.7. The molecule has 3 N–H and O–H groups in total. The molecule has 1 saturated heterocycles. The lowest BCUT2D eigenvalue weighted by atomic mass is 10.0. The number of aromatic nitrogens is 3. The summed E-state index contributed by atoms with van der Waals surface area (Å²) >= 11 is 5.34. The van der Waals surface area contributed by atoms with Crippen LogP contribution in [0.5, 0.6) is 0 Å². The second-order valence-electron chi connectivity index (χ2n) is 9.96. The molecule has 17 heteroatoms. The van der Waals surface area contributed by atoms with E-state index in [1.165, 1.54) is 85.6 Å². The molecule has 0 unspecified atom stereocenters. The van der Waals surface area contributed by atoms with Crippen LogP contribution >= 0.6 is 46.4 Å². The zero-order chi connectivity index (χ0) is 31.3. The minimum atomic E-state index is -0.883. The summed E-state index contributed by atoms with van der Waals surface area (Å²) in [6, 6.07) is -0.883. The fourth-order valence-electron chi connectivity index (χ4n) is 4.62. The van der Waals surface area contributed by atoms with E-state index in [9.17, 15) is 14.4 Å². The van der Waals surface area contributed by atoms with Crippen molar-refractivity contribution in [3.8, 4) is 0 Å². The van der Waals surface area contributed by atoms with Crippen LogP contribution in [-0.4, -0.2) is 86.4 Å². The molecule has 13 nitrogen and oxygen atoms in total. The smallest absolute Gasteiger partial charge is 0.357 e. The molecule has 0 aromatic carbocycles. The van der Waals surface area contributed by atoms with Crippen LogP contribution in [-0.2, 0) is 28.7 Å². The first-order chi connectivity index (χ1) is 21.4. The molecule has 0 bridgehead atoms. The molecule has 0 radical (unpaired) electrons. The number of carbonyl (C=O) groups is 3. The highest BCUT2D eigenvalue weighted by Gasteiger charge is 2.54. The lowest BCUT2D eigenvalue weighted by molar-refractivity contribution is -0.159. The lowest BCUT2D eigenvalue weighted by Crippen LogP contribution is -2.71. The van der Waals surface area contributed by atoms with Crippen molar-refractivity contribution in [2.24, 2.45) is 5.16 Å². The van der Waals surface area contributed by atoms with Crippen LogP contribution in [0.2, 0.25) is 0 Å². The molecule has 0 saturated carbocycles. The molecule has 1 fully saturated rings. The molecule has 2 aromatic heterocycles. The number of hydrogen-bond donors (Lipinski definition) is 2. The van der Waals surface area contributed by atoms with Crippen LogP contribution in [0.4, 0.5) is 5.13 Å². The third-order valence-electron chi connectivity index (χ3n) is 6.83. The largest absolute Gasteiger partial charge is 0.434 e. The lowest BCUT2D eigenvalue weighted by Gasteiger charge is -2.49. The fourth-order valence-corrected chi connectivity index (χ4v) is 8.08. The number of thiazole rings is 1. The second-order valence-corrected chi connectivity index (χ2v) is 14.0. The van der Waals surface area contributed by atoms with Crippen LogP contribution in [0, 0.1) is 0 Å². The highest BCUT2D eigenvalue weighted by atomic mass is 32.2. The van der Waals surface area contributed by atoms with Crippen LogP contribution < -0.4 is 11.1 Å². The molecule has 2 aliphatic rings. The first-order valence-corrected chi connectivity index (χ1v) is 18.1. The van der Waals surface area contributed by atoms with E-state index in [0.29, 0.717) is 18.1 Å². The average Bonchev–Trinajstić information content (AvgIpc) is 3.71. The molecule has 4 heterocycles. The van der Waals surface area contributed by atoms with E-state index in [4.69, 9.17) is 20.0 Å².